The summed E-state index contributed by atoms with van der Waals surface area (Å²) in [6, 6.07) is 4.88. The molecular formula is C19H19NO6. The van der Waals surface area contributed by atoms with E-state index >= 15 is 0 Å². The van der Waals surface area contributed by atoms with Crippen LogP contribution in [0.5, 0.6) is 0 Å². The molecule has 0 fully saturated rings. The standard InChI is InChI=1S/C19H19NO6/c1-12-11-13(17(21)24-2)8-9-15(12)20-10-6-5-7-14(18(22)25-3)16(20)19(23)26-4/h5-11H,1-4H3. The third kappa shape index (κ3) is 3.66. The van der Waals surface area contributed by atoms with E-state index in [1.165, 1.54) is 32.3 Å². The van der Waals surface area contributed by atoms with Gasteiger partial charge in [-0.3, -0.25) is 0 Å². The van der Waals surface area contributed by atoms with Crippen molar-refractivity contribution in [3.8, 4) is 0 Å². The average Bonchev–Trinajstić information content (AvgIpc) is 2.88. The predicted octanol–water partition coefficient (Wildman–Crippen LogP) is 2.27. The van der Waals surface area contributed by atoms with Gasteiger partial charge in [0.05, 0.1) is 32.5 Å². The highest BCUT2D eigenvalue weighted by molar-refractivity contribution is 6.05. The Hall–Kier alpha value is -3.35. The number of hydrogen-bond donors (Lipinski definition) is 0. The van der Waals surface area contributed by atoms with E-state index in [1.807, 2.05) is 0 Å². The summed E-state index contributed by atoms with van der Waals surface area (Å²) in [5.41, 5.74) is 1.74. The Bertz CT molecular complexity index is 834. The monoisotopic (exact) mass is 357 g/mol. The lowest BCUT2D eigenvalue weighted by molar-refractivity contribution is -0.139. The molecule has 7 heteroatoms. The molecule has 0 spiro atoms. The first-order valence-electron chi connectivity index (χ1n) is 7.68. The lowest BCUT2D eigenvalue weighted by atomic mass is 10.1. The van der Waals surface area contributed by atoms with Gasteiger partial charge in [-0.15, -0.1) is 0 Å². The molecule has 1 aliphatic rings. The zero-order valence-electron chi connectivity index (χ0n) is 14.9. The van der Waals surface area contributed by atoms with Gasteiger partial charge in [-0.25, -0.2) is 14.4 Å². The molecule has 2 rings (SSSR count). The summed E-state index contributed by atoms with van der Waals surface area (Å²) in [6.45, 7) is 1.78. The predicted molar refractivity (Wildman–Crippen MR) is 94.3 cm³/mol. The Morgan fingerprint density at radius 2 is 1.54 bits per heavy atom. The fourth-order valence-corrected chi connectivity index (χ4v) is 2.52. The lowest BCUT2D eigenvalue weighted by Gasteiger charge is -2.24. The number of hydrogen-bond acceptors (Lipinski definition) is 7. The quantitative estimate of drug-likeness (QED) is 0.604. The summed E-state index contributed by atoms with van der Waals surface area (Å²) in [6.07, 6.45) is 6.39. The Kier molecular flexibility index (Phi) is 5.95. The minimum absolute atomic E-state index is 0.0123. The molecule has 1 aliphatic heterocycles. The van der Waals surface area contributed by atoms with Crippen molar-refractivity contribution in [2.75, 3.05) is 26.2 Å². The molecule has 0 saturated carbocycles. The summed E-state index contributed by atoms with van der Waals surface area (Å²) in [5.74, 6) is -1.83. The highest BCUT2D eigenvalue weighted by Gasteiger charge is 2.28. The van der Waals surface area contributed by atoms with Crippen LogP contribution in [0.15, 0.2) is 53.9 Å². The van der Waals surface area contributed by atoms with Gasteiger partial charge in [0.2, 0.25) is 0 Å². The number of aryl methyl sites for hydroxylation is 1. The van der Waals surface area contributed by atoms with Gasteiger partial charge in [-0.1, -0.05) is 6.08 Å². The van der Waals surface area contributed by atoms with Gasteiger partial charge in [-0.05, 0) is 42.8 Å². The second kappa shape index (κ2) is 8.15. The van der Waals surface area contributed by atoms with E-state index in [-0.39, 0.29) is 11.3 Å². The summed E-state index contributed by atoms with van der Waals surface area (Å²) in [7, 11) is 3.76. The molecule has 1 aromatic carbocycles. The first-order valence-corrected chi connectivity index (χ1v) is 7.68. The van der Waals surface area contributed by atoms with Crippen LogP contribution in [0, 0.1) is 6.92 Å². The number of esters is 3. The van der Waals surface area contributed by atoms with Gasteiger partial charge < -0.3 is 19.1 Å². The molecule has 0 N–H and O–H groups in total. The smallest absolute Gasteiger partial charge is 0.355 e. The maximum absolute atomic E-state index is 12.4. The highest BCUT2D eigenvalue weighted by Crippen LogP contribution is 2.29. The third-order valence-corrected chi connectivity index (χ3v) is 3.77. The average molecular weight is 357 g/mol. The number of allylic oxidation sites excluding steroid dienone is 2. The molecule has 0 saturated heterocycles. The summed E-state index contributed by atoms with van der Waals surface area (Å²) < 4.78 is 14.3. The lowest BCUT2D eigenvalue weighted by Crippen LogP contribution is -2.27. The summed E-state index contributed by atoms with van der Waals surface area (Å²) in [5, 5.41) is 0. The van der Waals surface area contributed by atoms with Crippen molar-refractivity contribution in [1.29, 1.82) is 0 Å². The molecular weight excluding hydrogens is 338 g/mol. The Morgan fingerprint density at radius 3 is 2.12 bits per heavy atom. The normalized spacial score (nSPS) is 13.3. The molecule has 0 aromatic heterocycles. The van der Waals surface area contributed by atoms with Crippen molar-refractivity contribution < 1.29 is 28.6 Å². The zero-order chi connectivity index (χ0) is 19.3. The number of rotatable bonds is 4. The number of nitrogens with zero attached hydrogens (tertiary/aromatic N) is 1. The van der Waals surface area contributed by atoms with E-state index in [1.54, 1.807) is 43.5 Å². The van der Waals surface area contributed by atoms with Crippen LogP contribution in [0.2, 0.25) is 0 Å². The van der Waals surface area contributed by atoms with Crippen molar-refractivity contribution >= 4 is 23.6 Å². The van der Waals surface area contributed by atoms with Crippen molar-refractivity contribution in [3.63, 3.8) is 0 Å². The van der Waals surface area contributed by atoms with Gasteiger partial charge >= 0.3 is 17.9 Å². The van der Waals surface area contributed by atoms with Crippen LogP contribution in [0.4, 0.5) is 5.69 Å². The van der Waals surface area contributed by atoms with Crippen LogP contribution in [-0.2, 0) is 23.8 Å². The number of methoxy groups -OCH3 is 3. The van der Waals surface area contributed by atoms with Crippen LogP contribution in [0.3, 0.4) is 0 Å². The van der Waals surface area contributed by atoms with Crippen molar-refractivity contribution in [3.05, 3.63) is 65.0 Å². The molecule has 1 heterocycles. The molecule has 136 valence electrons. The van der Waals surface area contributed by atoms with Gasteiger partial charge in [0.25, 0.3) is 0 Å². The largest absolute Gasteiger partial charge is 0.465 e. The van der Waals surface area contributed by atoms with Gasteiger partial charge in [-0.2, -0.15) is 0 Å². The number of anilines is 1. The van der Waals surface area contributed by atoms with E-state index in [4.69, 9.17) is 14.2 Å². The van der Waals surface area contributed by atoms with Crippen LogP contribution >= 0.6 is 0 Å². The fourth-order valence-electron chi connectivity index (χ4n) is 2.52. The first kappa shape index (κ1) is 19.0. The van der Waals surface area contributed by atoms with E-state index in [9.17, 15) is 14.4 Å². The summed E-state index contributed by atoms with van der Waals surface area (Å²) in [4.78, 5) is 37.8. The minimum Gasteiger partial charge on any atom is -0.465 e. The fraction of sp³-hybridized carbons (Fsp3) is 0.211. The van der Waals surface area contributed by atoms with Gasteiger partial charge in [0, 0.05) is 11.9 Å². The molecule has 26 heavy (non-hydrogen) atoms. The van der Waals surface area contributed by atoms with E-state index in [0.29, 0.717) is 16.8 Å². The zero-order valence-corrected chi connectivity index (χ0v) is 14.9. The maximum Gasteiger partial charge on any atom is 0.355 e. The van der Waals surface area contributed by atoms with Gasteiger partial charge in [0.15, 0.2) is 0 Å². The molecule has 1 aromatic rings. The topological polar surface area (TPSA) is 82.1 Å². The maximum atomic E-state index is 12.4. The summed E-state index contributed by atoms with van der Waals surface area (Å²) >= 11 is 0. The molecule has 0 radical (unpaired) electrons. The molecule has 0 atom stereocenters. The number of carbonyl (C=O) groups excluding carboxylic acids is 3. The van der Waals surface area contributed by atoms with Crippen LogP contribution < -0.4 is 4.90 Å². The van der Waals surface area contributed by atoms with E-state index in [0.717, 1.165) is 0 Å². The highest BCUT2D eigenvalue weighted by atomic mass is 16.5. The molecule has 0 unspecified atom stereocenters. The Morgan fingerprint density at radius 1 is 0.885 bits per heavy atom. The Labute approximate surface area is 151 Å². The van der Waals surface area contributed by atoms with Crippen LogP contribution in [-0.4, -0.2) is 39.2 Å². The van der Waals surface area contributed by atoms with Gasteiger partial charge in [0.1, 0.15) is 5.70 Å². The molecule has 7 nitrogen and oxygen atoms in total. The molecule has 0 aliphatic carbocycles. The van der Waals surface area contributed by atoms with E-state index < -0.39 is 17.9 Å². The third-order valence-electron chi connectivity index (χ3n) is 3.77. The Balaban J connectivity index is 2.63. The minimum atomic E-state index is -0.696. The van der Waals surface area contributed by atoms with Crippen LogP contribution in [0.25, 0.3) is 0 Å². The number of ether oxygens (including phenoxy) is 3. The van der Waals surface area contributed by atoms with Crippen LogP contribution in [0.1, 0.15) is 15.9 Å². The number of benzene rings is 1. The number of carbonyl (C=O) groups is 3. The second-order valence-electron chi connectivity index (χ2n) is 5.31. The van der Waals surface area contributed by atoms with Crippen molar-refractivity contribution in [1.82, 2.24) is 0 Å². The first-order chi connectivity index (χ1) is 12.4. The van der Waals surface area contributed by atoms with E-state index in [2.05, 4.69) is 0 Å². The second-order valence-corrected chi connectivity index (χ2v) is 5.31. The van der Waals surface area contributed by atoms with Crippen molar-refractivity contribution in [2.24, 2.45) is 0 Å². The molecule has 0 bridgehead atoms. The SMILES string of the molecule is COC(=O)C1=C(C(=O)OC)N(c2ccc(C(=O)OC)cc2C)C=CC=C1. The molecule has 0 amide bonds. The van der Waals surface area contributed by atoms with Crippen molar-refractivity contribution in [2.45, 2.75) is 6.92 Å².